The van der Waals surface area contributed by atoms with E-state index >= 15 is 0 Å². The molecule has 1 saturated heterocycles. The van der Waals surface area contributed by atoms with Gasteiger partial charge in [0.1, 0.15) is 5.76 Å². The van der Waals surface area contributed by atoms with Crippen LogP contribution in [0.3, 0.4) is 0 Å². The minimum atomic E-state index is -0.770. The number of carbonyl (C=O) groups is 2. The van der Waals surface area contributed by atoms with E-state index in [1.54, 1.807) is 29.2 Å². The standard InChI is InChI=1S/C14H20N2O4/c1-10-8-11(13(17)18)5-6-16(10)14(19)15(2)9-12-4-3-7-20-12/h3-4,7,10-11H,5-6,8-9H2,1-2H3,(H,17,18). The van der Waals surface area contributed by atoms with Crippen molar-refractivity contribution >= 4 is 12.0 Å². The SMILES string of the molecule is CC1CC(C(=O)O)CCN1C(=O)N(C)Cc1ccco1. The number of nitrogens with zero attached hydrogens (tertiary/aromatic N) is 2. The lowest BCUT2D eigenvalue weighted by Gasteiger charge is -2.38. The molecule has 20 heavy (non-hydrogen) atoms. The van der Waals surface area contributed by atoms with Gasteiger partial charge in [-0.25, -0.2) is 4.79 Å². The van der Waals surface area contributed by atoms with Gasteiger partial charge in [0.15, 0.2) is 0 Å². The molecule has 2 amide bonds. The van der Waals surface area contributed by atoms with Crippen molar-refractivity contribution in [3.63, 3.8) is 0 Å². The first-order chi connectivity index (χ1) is 9.49. The van der Waals surface area contributed by atoms with Crippen molar-refractivity contribution in [1.82, 2.24) is 9.80 Å². The largest absolute Gasteiger partial charge is 0.481 e. The van der Waals surface area contributed by atoms with E-state index in [1.165, 1.54) is 0 Å². The summed E-state index contributed by atoms with van der Waals surface area (Å²) in [5.41, 5.74) is 0. The van der Waals surface area contributed by atoms with Gasteiger partial charge in [-0.3, -0.25) is 4.79 Å². The number of carboxylic acids is 1. The van der Waals surface area contributed by atoms with Crippen molar-refractivity contribution in [1.29, 1.82) is 0 Å². The quantitative estimate of drug-likeness (QED) is 0.919. The molecular formula is C14H20N2O4. The molecule has 0 aliphatic carbocycles. The molecule has 0 radical (unpaired) electrons. The van der Waals surface area contributed by atoms with Crippen LogP contribution in [0, 0.1) is 5.92 Å². The van der Waals surface area contributed by atoms with Crippen LogP contribution in [0.4, 0.5) is 4.79 Å². The lowest BCUT2D eigenvalue weighted by molar-refractivity contribution is -0.143. The Labute approximate surface area is 118 Å². The van der Waals surface area contributed by atoms with Gasteiger partial charge in [-0.2, -0.15) is 0 Å². The molecule has 1 fully saturated rings. The summed E-state index contributed by atoms with van der Waals surface area (Å²) in [4.78, 5) is 26.7. The Morgan fingerprint density at radius 2 is 2.30 bits per heavy atom. The third-order valence-corrected chi connectivity index (χ3v) is 3.77. The number of rotatable bonds is 3. The number of amides is 2. The maximum atomic E-state index is 12.4. The number of furan rings is 1. The van der Waals surface area contributed by atoms with E-state index in [2.05, 4.69) is 0 Å². The number of piperidine rings is 1. The third kappa shape index (κ3) is 3.12. The lowest BCUT2D eigenvalue weighted by atomic mass is 9.92. The molecule has 0 bridgehead atoms. The molecule has 2 unspecified atom stereocenters. The molecule has 6 heteroatoms. The molecule has 1 aromatic rings. The van der Waals surface area contributed by atoms with Crippen LogP contribution >= 0.6 is 0 Å². The van der Waals surface area contributed by atoms with Crippen molar-refractivity contribution in [3.8, 4) is 0 Å². The van der Waals surface area contributed by atoms with E-state index in [4.69, 9.17) is 9.52 Å². The van der Waals surface area contributed by atoms with Crippen molar-refractivity contribution < 1.29 is 19.1 Å². The van der Waals surface area contributed by atoms with Gasteiger partial charge in [0.25, 0.3) is 0 Å². The number of urea groups is 1. The van der Waals surface area contributed by atoms with E-state index < -0.39 is 5.97 Å². The first-order valence-electron chi connectivity index (χ1n) is 6.76. The molecule has 1 aliphatic heterocycles. The number of carboxylic acid groups (broad SMARTS) is 1. The highest BCUT2D eigenvalue weighted by molar-refractivity contribution is 5.75. The molecule has 1 aliphatic rings. The maximum absolute atomic E-state index is 12.4. The topological polar surface area (TPSA) is 74.0 Å². The zero-order valence-corrected chi connectivity index (χ0v) is 11.8. The number of hydrogen-bond donors (Lipinski definition) is 1. The van der Waals surface area contributed by atoms with Crippen LogP contribution in [0.1, 0.15) is 25.5 Å². The maximum Gasteiger partial charge on any atom is 0.320 e. The summed E-state index contributed by atoms with van der Waals surface area (Å²) in [6.45, 7) is 2.80. The smallest absolute Gasteiger partial charge is 0.320 e. The van der Waals surface area contributed by atoms with Gasteiger partial charge < -0.3 is 19.3 Å². The molecule has 1 aromatic heterocycles. The van der Waals surface area contributed by atoms with Crippen molar-refractivity contribution in [2.24, 2.45) is 5.92 Å². The highest BCUT2D eigenvalue weighted by Crippen LogP contribution is 2.24. The zero-order valence-electron chi connectivity index (χ0n) is 11.8. The molecule has 1 N–H and O–H groups in total. The summed E-state index contributed by atoms with van der Waals surface area (Å²) < 4.78 is 5.23. The molecule has 110 valence electrons. The predicted octanol–water partition coefficient (Wildman–Crippen LogP) is 2.02. The van der Waals surface area contributed by atoms with Gasteiger partial charge in [-0.05, 0) is 31.9 Å². The highest BCUT2D eigenvalue weighted by atomic mass is 16.4. The van der Waals surface area contributed by atoms with Gasteiger partial charge in [0.05, 0.1) is 18.7 Å². The van der Waals surface area contributed by atoms with Crippen LogP contribution in [-0.2, 0) is 11.3 Å². The van der Waals surface area contributed by atoms with E-state index in [0.29, 0.717) is 25.9 Å². The van der Waals surface area contributed by atoms with E-state index in [0.717, 1.165) is 5.76 Å². The zero-order chi connectivity index (χ0) is 14.7. The van der Waals surface area contributed by atoms with Crippen molar-refractivity contribution in [3.05, 3.63) is 24.2 Å². The Morgan fingerprint density at radius 1 is 1.55 bits per heavy atom. The Kier molecular flexibility index (Phi) is 4.32. The van der Waals surface area contributed by atoms with Gasteiger partial charge in [0.2, 0.25) is 0 Å². The van der Waals surface area contributed by atoms with Gasteiger partial charge in [0, 0.05) is 19.6 Å². The van der Waals surface area contributed by atoms with E-state index in [1.807, 2.05) is 13.0 Å². The summed E-state index contributed by atoms with van der Waals surface area (Å²) in [5, 5.41) is 9.03. The Bertz CT molecular complexity index is 472. The second-order valence-corrected chi connectivity index (χ2v) is 5.32. The molecule has 0 spiro atoms. The fourth-order valence-electron chi connectivity index (χ4n) is 2.60. The Morgan fingerprint density at radius 3 is 2.85 bits per heavy atom. The van der Waals surface area contributed by atoms with Gasteiger partial charge in [-0.1, -0.05) is 0 Å². The van der Waals surface area contributed by atoms with Crippen LogP contribution in [0.25, 0.3) is 0 Å². The van der Waals surface area contributed by atoms with Gasteiger partial charge in [-0.15, -0.1) is 0 Å². The molecule has 2 rings (SSSR count). The monoisotopic (exact) mass is 280 g/mol. The molecule has 6 nitrogen and oxygen atoms in total. The lowest BCUT2D eigenvalue weighted by Crippen LogP contribution is -2.50. The first-order valence-corrected chi connectivity index (χ1v) is 6.76. The predicted molar refractivity (Wildman–Crippen MR) is 72.1 cm³/mol. The van der Waals surface area contributed by atoms with Crippen LogP contribution in [-0.4, -0.2) is 46.5 Å². The second kappa shape index (κ2) is 5.98. The van der Waals surface area contributed by atoms with Crippen LogP contribution in [0.15, 0.2) is 22.8 Å². The molecule has 2 atom stereocenters. The summed E-state index contributed by atoms with van der Waals surface area (Å²) >= 11 is 0. The van der Waals surface area contributed by atoms with Crippen LogP contribution in [0.5, 0.6) is 0 Å². The first kappa shape index (κ1) is 14.4. The minimum Gasteiger partial charge on any atom is -0.481 e. The van der Waals surface area contributed by atoms with Crippen LogP contribution < -0.4 is 0 Å². The average molecular weight is 280 g/mol. The number of likely N-dealkylation sites (tertiary alicyclic amines) is 1. The molecule has 0 aromatic carbocycles. The fraction of sp³-hybridized carbons (Fsp3) is 0.571. The highest BCUT2D eigenvalue weighted by Gasteiger charge is 2.33. The summed E-state index contributed by atoms with van der Waals surface area (Å²) in [6, 6.07) is 3.47. The summed E-state index contributed by atoms with van der Waals surface area (Å²) in [7, 11) is 1.72. The minimum absolute atomic E-state index is 0.0589. The molecular weight excluding hydrogens is 260 g/mol. The Hall–Kier alpha value is -1.98. The second-order valence-electron chi connectivity index (χ2n) is 5.32. The molecule has 0 saturated carbocycles. The normalized spacial score (nSPS) is 22.6. The fourth-order valence-corrected chi connectivity index (χ4v) is 2.60. The van der Waals surface area contributed by atoms with Crippen molar-refractivity contribution in [2.75, 3.05) is 13.6 Å². The molecule has 2 heterocycles. The average Bonchev–Trinajstić information content (AvgIpc) is 2.90. The van der Waals surface area contributed by atoms with Gasteiger partial charge >= 0.3 is 12.0 Å². The summed E-state index contributed by atoms with van der Waals surface area (Å²) in [5.74, 6) is -0.383. The van der Waals surface area contributed by atoms with E-state index in [-0.39, 0.29) is 18.0 Å². The number of aliphatic carboxylic acids is 1. The number of hydrogen-bond acceptors (Lipinski definition) is 3. The number of carbonyl (C=O) groups excluding carboxylic acids is 1. The third-order valence-electron chi connectivity index (χ3n) is 3.77. The van der Waals surface area contributed by atoms with Crippen LogP contribution in [0.2, 0.25) is 0 Å². The Balaban J connectivity index is 1.94. The van der Waals surface area contributed by atoms with Crippen molar-refractivity contribution in [2.45, 2.75) is 32.4 Å². The summed E-state index contributed by atoms with van der Waals surface area (Å²) in [6.07, 6.45) is 2.60. The van der Waals surface area contributed by atoms with E-state index in [9.17, 15) is 9.59 Å².